The zero-order valence-electron chi connectivity index (χ0n) is 11.9. The lowest BCUT2D eigenvalue weighted by Crippen LogP contribution is -2.07. The molecule has 1 saturated carbocycles. The highest BCUT2D eigenvalue weighted by Gasteiger charge is 2.29. The molecule has 0 saturated heterocycles. The van der Waals surface area contributed by atoms with E-state index in [1.807, 2.05) is 18.2 Å². The highest BCUT2D eigenvalue weighted by atomic mass is 35.5. The lowest BCUT2D eigenvalue weighted by molar-refractivity contribution is 0.288. The number of hydrogen-bond acceptors (Lipinski definition) is 5. The van der Waals surface area contributed by atoms with Crippen LogP contribution in [0, 0.1) is 11.3 Å². The van der Waals surface area contributed by atoms with Gasteiger partial charge in [-0.1, -0.05) is 35.5 Å². The first kappa shape index (κ1) is 15.2. The fourth-order valence-corrected chi connectivity index (χ4v) is 3.15. The minimum atomic E-state index is 0.339. The normalized spacial score (nSPS) is 13.8. The van der Waals surface area contributed by atoms with Gasteiger partial charge in [-0.25, -0.2) is 0 Å². The van der Waals surface area contributed by atoms with Crippen LogP contribution in [0.3, 0.4) is 0 Å². The Bertz CT molecular complexity index is 693. The summed E-state index contributed by atoms with van der Waals surface area (Å²) in [6, 6.07) is 9.99. The lowest BCUT2D eigenvalue weighted by atomic mass is 10.3. The van der Waals surface area contributed by atoms with Crippen molar-refractivity contribution in [2.75, 3.05) is 5.75 Å². The maximum atomic E-state index is 8.64. The molecule has 1 fully saturated rings. The molecule has 1 aliphatic carbocycles. The van der Waals surface area contributed by atoms with Crippen LogP contribution in [0.25, 0.3) is 0 Å². The van der Waals surface area contributed by atoms with Crippen LogP contribution in [-0.4, -0.2) is 20.5 Å². The average molecular weight is 335 g/mol. The molecule has 1 aromatic carbocycles. The van der Waals surface area contributed by atoms with Gasteiger partial charge in [0.2, 0.25) is 0 Å². The Morgan fingerprint density at radius 2 is 2.18 bits per heavy atom. The van der Waals surface area contributed by atoms with E-state index in [2.05, 4.69) is 20.8 Å². The van der Waals surface area contributed by atoms with Crippen molar-refractivity contribution in [3.8, 4) is 11.8 Å². The van der Waals surface area contributed by atoms with Crippen molar-refractivity contribution in [2.45, 2.75) is 37.1 Å². The van der Waals surface area contributed by atoms with Gasteiger partial charge in [0.05, 0.1) is 11.1 Å². The molecule has 0 amide bonds. The van der Waals surface area contributed by atoms with Gasteiger partial charge in [-0.05, 0) is 25.0 Å². The molecular formula is C15H15ClN4OS. The van der Waals surface area contributed by atoms with Crippen molar-refractivity contribution in [1.29, 1.82) is 5.26 Å². The predicted molar refractivity (Wildman–Crippen MR) is 85.0 cm³/mol. The van der Waals surface area contributed by atoms with Gasteiger partial charge in [0.1, 0.15) is 12.4 Å². The van der Waals surface area contributed by atoms with E-state index in [4.69, 9.17) is 21.6 Å². The number of benzene rings is 1. The van der Waals surface area contributed by atoms with Crippen molar-refractivity contribution in [3.63, 3.8) is 0 Å². The highest BCUT2D eigenvalue weighted by molar-refractivity contribution is 7.99. The van der Waals surface area contributed by atoms with Crippen LogP contribution < -0.4 is 4.74 Å². The molecule has 0 bridgehead atoms. The van der Waals surface area contributed by atoms with Crippen LogP contribution >= 0.6 is 23.4 Å². The molecule has 5 nitrogen and oxygen atoms in total. The molecule has 0 atom stereocenters. The van der Waals surface area contributed by atoms with Crippen molar-refractivity contribution in [2.24, 2.45) is 0 Å². The third-order valence-corrected chi connectivity index (χ3v) is 4.54. The van der Waals surface area contributed by atoms with Crippen LogP contribution in [0.4, 0.5) is 0 Å². The average Bonchev–Trinajstić information content (AvgIpc) is 3.28. The lowest BCUT2D eigenvalue weighted by Gasteiger charge is -2.10. The van der Waals surface area contributed by atoms with Gasteiger partial charge in [-0.3, -0.25) is 0 Å². The molecule has 22 heavy (non-hydrogen) atoms. The fourth-order valence-electron chi connectivity index (χ4n) is 2.10. The standard InChI is InChI=1S/C15H15ClN4OS/c16-12-4-1-2-5-13(12)21-10-14-18-19-15(22-9-3-8-17)20(14)11-6-7-11/h1-2,4-5,11H,3,6-7,9-10H2. The number of nitrogens with zero attached hydrogens (tertiary/aromatic N) is 4. The summed E-state index contributed by atoms with van der Waals surface area (Å²) in [5, 5.41) is 18.6. The molecule has 1 aliphatic rings. The molecule has 0 N–H and O–H groups in total. The van der Waals surface area contributed by atoms with Gasteiger partial charge < -0.3 is 9.30 Å². The van der Waals surface area contributed by atoms with Crippen LogP contribution in [0.2, 0.25) is 5.02 Å². The summed E-state index contributed by atoms with van der Waals surface area (Å²) in [4.78, 5) is 0. The van der Waals surface area contributed by atoms with Crippen LogP contribution in [0.15, 0.2) is 29.4 Å². The summed E-state index contributed by atoms with van der Waals surface area (Å²) < 4.78 is 7.90. The zero-order valence-corrected chi connectivity index (χ0v) is 13.5. The molecule has 0 unspecified atom stereocenters. The van der Waals surface area contributed by atoms with Crippen LogP contribution in [0.1, 0.15) is 31.1 Å². The van der Waals surface area contributed by atoms with Crippen LogP contribution in [-0.2, 0) is 6.61 Å². The van der Waals surface area contributed by atoms with Crippen molar-refractivity contribution < 1.29 is 4.74 Å². The summed E-state index contributed by atoms with van der Waals surface area (Å²) in [6.07, 6.45) is 2.79. The Morgan fingerprint density at radius 1 is 1.36 bits per heavy atom. The van der Waals surface area contributed by atoms with Gasteiger partial charge >= 0.3 is 0 Å². The first-order chi connectivity index (χ1) is 10.8. The molecule has 3 rings (SSSR count). The second kappa shape index (κ2) is 7.03. The third-order valence-electron chi connectivity index (χ3n) is 3.29. The molecular weight excluding hydrogens is 320 g/mol. The number of halogens is 1. The van der Waals surface area contributed by atoms with Gasteiger partial charge in [0.15, 0.2) is 11.0 Å². The molecule has 7 heteroatoms. The smallest absolute Gasteiger partial charge is 0.191 e. The molecule has 0 spiro atoms. The topological polar surface area (TPSA) is 63.7 Å². The van der Waals surface area contributed by atoms with E-state index < -0.39 is 0 Å². The minimum Gasteiger partial charge on any atom is -0.484 e. The Kier molecular flexibility index (Phi) is 4.86. The predicted octanol–water partition coefficient (Wildman–Crippen LogP) is 3.85. The maximum Gasteiger partial charge on any atom is 0.191 e. The molecule has 1 heterocycles. The first-order valence-electron chi connectivity index (χ1n) is 7.10. The Morgan fingerprint density at radius 3 is 2.91 bits per heavy atom. The zero-order chi connectivity index (χ0) is 15.4. The van der Waals surface area contributed by atoms with E-state index in [9.17, 15) is 0 Å². The first-order valence-corrected chi connectivity index (χ1v) is 8.47. The Labute approximate surface area is 138 Å². The molecule has 2 aromatic rings. The minimum absolute atomic E-state index is 0.339. The molecule has 0 radical (unpaired) electrons. The van der Waals surface area contributed by atoms with Crippen molar-refractivity contribution >= 4 is 23.4 Å². The van der Waals surface area contributed by atoms with E-state index in [1.165, 1.54) is 0 Å². The quantitative estimate of drug-likeness (QED) is 0.568. The van der Waals surface area contributed by atoms with E-state index in [1.54, 1.807) is 17.8 Å². The Hall–Kier alpha value is -1.71. The third kappa shape index (κ3) is 3.54. The number of para-hydroxylation sites is 1. The molecule has 1 aromatic heterocycles. The van der Waals surface area contributed by atoms with Gasteiger partial charge in [-0.2, -0.15) is 5.26 Å². The van der Waals surface area contributed by atoms with Crippen molar-refractivity contribution in [1.82, 2.24) is 14.8 Å². The molecule has 0 aliphatic heterocycles. The number of rotatable bonds is 7. The number of ether oxygens (including phenoxy) is 1. The van der Waals surface area contributed by atoms with E-state index in [-0.39, 0.29) is 0 Å². The SMILES string of the molecule is N#CCCSc1nnc(COc2ccccc2Cl)n1C1CC1. The maximum absolute atomic E-state index is 8.64. The summed E-state index contributed by atoms with van der Waals surface area (Å²) in [6.45, 7) is 0.339. The van der Waals surface area contributed by atoms with Gasteiger partial charge in [-0.15, -0.1) is 10.2 Å². The van der Waals surface area contributed by atoms with E-state index >= 15 is 0 Å². The second-order valence-electron chi connectivity index (χ2n) is 4.98. The van der Waals surface area contributed by atoms with Gasteiger partial charge in [0.25, 0.3) is 0 Å². The number of thioether (sulfide) groups is 1. The Balaban J connectivity index is 1.71. The van der Waals surface area contributed by atoms with Gasteiger partial charge in [0, 0.05) is 18.2 Å². The second-order valence-corrected chi connectivity index (χ2v) is 6.44. The molecule has 114 valence electrons. The largest absolute Gasteiger partial charge is 0.484 e. The summed E-state index contributed by atoms with van der Waals surface area (Å²) in [7, 11) is 0. The monoisotopic (exact) mass is 334 g/mol. The summed E-state index contributed by atoms with van der Waals surface area (Å²) >= 11 is 7.66. The number of hydrogen-bond donors (Lipinski definition) is 0. The highest BCUT2D eigenvalue weighted by Crippen LogP contribution is 2.39. The van der Waals surface area contributed by atoms with E-state index in [0.29, 0.717) is 29.8 Å². The number of nitriles is 1. The van der Waals surface area contributed by atoms with Crippen molar-refractivity contribution in [3.05, 3.63) is 35.1 Å². The van der Waals surface area contributed by atoms with E-state index in [0.717, 1.165) is 29.6 Å². The number of aromatic nitrogens is 3. The summed E-state index contributed by atoms with van der Waals surface area (Å²) in [5.41, 5.74) is 0. The fraction of sp³-hybridized carbons (Fsp3) is 0.400. The van der Waals surface area contributed by atoms with Crippen LogP contribution in [0.5, 0.6) is 5.75 Å². The summed E-state index contributed by atoms with van der Waals surface area (Å²) in [5.74, 6) is 2.18.